The number of halogens is 1. The summed E-state index contributed by atoms with van der Waals surface area (Å²) in [4.78, 5) is 32.0. The monoisotopic (exact) mass is 530 g/mol. The Balaban J connectivity index is 2.00. The van der Waals surface area contributed by atoms with Gasteiger partial charge in [-0.25, -0.2) is 9.79 Å². The van der Waals surface area contributed by atoms with Crippen LogP contribution in [0.1, 0.15) is 44.1 Å². The Labute approximate surface area is 202 Å². The average molecular weight is 531 g/mol. The molecule has 0 radical (unpaired) electrons. The summed E-state index contributed by atoms with van der Waals surface area (Å²) in [5.41, 5.74) is 1.51. The molecule has 0 saturated heterocycles. The number of ether oxygens (including phenoxy) is 2. The summed E-state index contributed by atoms with van der Waals surface area (Å²) in [7, 11) is 1.58. The Morgan fingerprint density at radius 3 is 2.79 bits per heavy atom. The molecule has 0 bridgehead atoms. The molecule has 1 aliphatic heterocycles. The number of hydrogen-bond donors (Lipinski definition) is 0. The van der Waals surface area contributed by atoms with Gasteiger partial charge in [-0.2, -0.15) is 0 Å². The third-order valence-corrected chi connectivity index (χ3v) is 6.58. The molecule has 3 heterocycles. The zero-order valence-electron chi connectivity index (χ0n) is 18.5. The summed E-state index contributed by atoms with van der Waals surface area (Å²) in [6.07, 6.45) is 3.07. The van der Waals surface area contributed by atoms with Crippen LogP contribution in [-0.2, 0) is 9.53 Å². The summed E-state index contributed by atoms with van der Waals surface area (Å²) in [6.45, 7) is 4.01. The Morgan fingerprint density at radius 1 is 1.30 bits per heavy atom. The minimum atomic E-state index is -0.678. The highest BCUT2D eigenvalue weighted by Crippen LogP contribution is 2.33. The van der Waals surface area contributed by atoms with Gasteiger partial charge in [-0.05, 0) is 59.1 Å². The van der Waals surface area contributed by atoms with Gasteiger partial charge in [0.1, 0.15) is 11.5 Å². The number of methoxy groups -OCH3 is 1. The molecule has 7 nitrogen and oxygen atoms in total. The Bertz CT molecular complexity index is 1400. The highest BCUT2D eigenvalue weighted by molar-refractivity contribution is 9.10. The molecule has 0 amide bonds. The highest BCUT2D eigenvalue weighted by Gasteiger charge is 2.34. The number of furan rings is 1. The molecule has 9 heteroatoms. The zero-order valence-corrected chi connectivity index (χ0v) is 20.9. The number of benzene rings is 1. The zero-order chi connectivity index (χ0) is 23.5. The van der Waals surface area contributed by atoms with Crippen molar-refractivity contribution in [2.45, 2.75) is 32.7 Å². The molecule has 3 aromatic rings. The van der Waals surface area contributed by atoms with Crippen LogP contribution in [0.2, 0.25) is 0 Å². The SMILES string of the molecule is CCCC1=C(C(=O)OCC)C(c2cccc(OC)c2)n2c(s/c(=C\c3ccc(Br)o3)c2=O)=N1. The molecule has 1 aromatic carbocycles. The van der Waals surface area contributed by atoms with Crippen LogP contribution < -0.4 is 19.6 Å². The van der Waals surface area contributed by atoms with E-state index in [1.807, 2.05) is 31.2 Å². The van der Waals surface area contributed by atoms with Gasteiger partial charge in [0.2, 0.25) is 0 Å². The molecule has 4 rings (SSSR count). The molecule has 0 spiro atoms. The van der Waals surface area contributed by atoms with E-state index >= 15 is 0 Å². The van der Waals surface area contributed by atoms with Crippen LogP contribution >= 0.6 is 27.3 Å². The summed E-state index contributed by atoms with van der Waals surface area (Å²) < 4.78 is 19.0. The molecule has 33 heavy (non-hydrogen) atoms. The van der Waals surface area contributed by atoms with Gasteiger partial charge in [-0.15, -0.1) is 0 Å². The normalized spacial score (nSPS) is 15.9. The summed E-state index contributed by atoms with van der Waals surface area (Å²) >= 11 is 4.55. The number of carbonyl (C=O) groups is 1. The third kappa shape index (κ3) is 4.60. The summed E-state index contributed by atoms with van der Waals surface area (Å²) in [5.74, 6) is 0.706. The van der Waals surface area contributed by atoms with Crippen LogP contribution in [0.3, 0.4) is 0 Å². The topological polar surface area (TPSA) is 83.0 Å². The molecule has 1 atom stereocenters. The minimum Gasteiger partial charge on any atom is -0.497 e. The predicted molar refractivity (Wildman–Crippen MR) is 129 cm³/mol. The van der Waals surface area contributed by atoms with E-state index < -0.39 is 12.0 Å². The fourth-order valence-corrected chi connectivity index (χ4v) is 5.10. The standard InChI is InChI=1S/C24H23BrN2O5S/c1-4-7-17-20(23(29)31-5-2)21(14-8-6-9-15(12-14)30-3)27-22(28)18(33-24(27)26-17)13-16-10-11-19(25)32-16/h6,8-13,21H,4-5,7H2,1-3H3/b18-13-. The van der Waals surface area contributed by atoms with Crippen molar-refractivity contribution < 1.29 is 18.7 Å². The number of thiazole rings is 1. The van der Waals surface area contributed by atoms with E-state index in [1.165, 1.54) is 11.3 Å². The van der Waals surface area contributed by atoms with E-state index in [2.05, 4.69) is 15.9 Å². The number of hydrogen-bond acceptors (Lipinski definition) is 7. The number of allylic oxidation sites excluding steroid dienone is 1. The lowest BCUT2D eigenvalue weighted by atomic mass is 9.94. The van der Waals surface area contributed by atoms with Crippen LogP contribution in [0.15, 0.2) is 66.5 Å². The number of rotatable bonds is 7. The fraction of sp³-hybridized carbons (Fsp3) is 0.292. The van der Waals surface area contributed by atoms with Crippen LogP contribution in [-0.4, -0.2) is 24.3 Å². The second-order valence-electron chi connectivity index (χ2n) is 7.33. The van der Waals surface area contributed by atoms with Gasteiger partial charge in [0.15, 0.2) is 9.47 Å². The van der Waals surface area contributed by atoms with Crippen molar-refractivity contribution >= 4 is 39.3 Å². The van der Waals surface area contributed by atoms with Crippen molar-refractivity contribution in [3.8, 4) is 5.75 Å². The minimum absolute atomic E-state index is 0.227. The van der Waals surface area contributed by atoms with Crippen molar-refractivity contribution in [3.63, 3.8) is 0 Å². The molecule has 2 aromatic heterocycles. The van der Waals surface area contributed by atoms with Crippen LogP contribution in [0, 0.1) is 0 Å². The predicted octanol–water partition coefficient (Wildman–Crippen LogP) is 3.94. The molecule has 0 fully saturated rings. The van der Waals surface area contributed by atoms with Gasteiger partial charge in [0.25, 0.3) is 5.56 Å². The van der Waals surface area contributed by atoms with Gasteiger partial charge >= 0.3 is 5.97 Å². The fourth-order valence-electron chi connectivity index (χ4n) is 3.78. The van der Waals surface area contributed by atoms with Crippen molar-refractivity contribution in [1.29, 1.82) is 0 Å². The highest BCUT2D eigenvalue weighted by atomic mass is 79.9. The van der Waals surface area contributed by atoms with Crippen molar-refractivity contribution in [3.05, 3.63) is 83.3 Å². The third-order valence-electron chi connectivity index (χ3n) is 5.17. The summed E-state index contributed by atoms with van der Waals surface area (Å²) in [6, 6.07) is 10.2. The first-order valence-corrected chi connectivity index (χ1v) is 12.2. The van der Waals surface area contributed by atoms with Crippen molar-refractivity contribution in [2.24, 2.45) is 4.99 Å². The first kappa shape index (κ1) is 23.3. The number of aromatic nitrogens is 1. The van der Waals surface area contributed by atoms with Crippen LogP contribution in [0.25, 0.3) is 6.08 Å². The van der Waals surface area contributed by atoms with E-state index in [4.69, 9.17) is 18.9 Å². The Morgan fingerprint density at radius 2 is 2.12 bits per heavy atom. The number of nitrogens with zero attached hydrogens (tertiary/aromatic N) is 2. The number of carbonyl (C=O) groups excluding carboxylic acids is 1. The summed E-state index contributed by atoms with van der Waals surface area (Å²) in [5, 5.41) is 0. The molecule has 1 unspecified atom stereocenters. The maximum absolute atomic E-state index is 13.6. The molecular formula is C24H23BrN2O5S. The van der Waals surface area contributed by atoms with E-state index in [1.54, 1.807) is 36.8 Å². The van der Waals surface area contributed by atoms with Gasteiger partial charge in [-0.1, -0.05) is 36.8 Å². The maximum Gasteiger partial charge on any atom is 0.338 e. The molecule has 1 aliphatic rings. The quantitative estimate of drug-likeness (QED) is 0.432. The largest absolute Gasteiger partial charge is 0.497 e. The lowest BCUT2D eigenvalue weighted by Gasteiger charge is -2.26. The van der Waals surface area contributed by atoms with Gasteiger partial charge in [0, 0.05) is 6.08 Å². The average Bonchev–Trinajstić information content (AvgIpc) is 3.35. The second-order valence-corrected chi connectivity index (χ2v) is 9.12. The van der Waals surface area contributed by atoms with Crippen molar-refractivity contribution in [2.75, 3.05) is 13.7 Å². The Hall–Kier alpha value is -2.91. The van der Waals surface area contributed by atoms with Gasteiger partial charge in [0.05, 0.1) is 35.6 Å². The molecule has 172 valence electrons. The Kier molecular flexibility index (Phi) is 6.99. The maximum atomic E-state index is 13.6. The van der Waals surface area contributed by atoms with Gasteiger partial charge in [-0.3, -0.25) is 9.36 Å². The lowest BCUT2D eigenvalue weighted by molar-refractivity contribution is -0.139. The van der Waals surface area contributed by atoms with Crippen LogP contribution in [0.4, 0.5) is 0 Å². The van der Waals surface area contributed by atoms with E-state index in [0.717, 1.165) is 12.0 Å². The van der Waals surface area contributed by atoms with E-state index in [9.17, 15) is 9.59 Å². The number of fused-ring (bicyclic) bond motifs is 1. The van der Waals surface area contributed by atoms with E-state index in [-0.39, 0.29) is 12.2 Å². The first-order chi connectivity index (χ1) is 16.0. The lowest BCUT2D eigenvalue weighted by Crippen LogP contribution is -2.40. The molecule has 0 aliphatic carbocycles. The van der Waals surface area contributed by atoms with Crippen LogP contribution in [0.5, 0.6) is 5.75 Å². The molecule has 0 saturated carbocycles. The van der Waals surface area contributed by atoms with Crippen molar-refractivity contribution in [1.82, 2.24) is 4.57 Å². The first-order valence-electron chi connectivity index (χ1n) is 10.6. The number of esters is 1. The molecular weight excluding hydrogens is 508 g/mol. The smallest absolute Gasteiger partial charge is 0.338 e. The van der Waals surface area contributed by atoms with Gasteiger partial charge < -0.3 is 13.9 Å². The second kappa shape index (κ2) is 9.93. The van der Waals surface area contributed by atoms with E-state index in [0.29, 0.717) is 43.2 Å². The molecule has 0 N–H and O–H groups in total.